The van der Waals surface area contributed by atoms with Gasteiger partial charge < -0.3 is 14.5 Å². The summed E-state index contributed by atoms with van der Waals surface area (Å²) in [4.78, 5) is 17.7. The third kappa shape index (κ3) is 6.49. The van der Waals surface area contributed by atoms with Crippen LogP contribution in [0, 0.1) is 13.8 Å². The first-order valence-electron chi connectivity index (χ1n) is 12.8. The summed E-state index contributed by atoms with van der Waals surface area (Å²) in [6.45, 7) is 8.81. The topological polar surface area (TPSA) is 78.9 Å². The van der Waals surface area contributed by atoms with Crippen molar-refractivity contribution in [2.24, 2.45) is 0 Å². The van der Waals surface area contributed by atoms with Gasteiger partial charge in [-0.15, -0.1) is 0 Å². The molecular formula is C29H34ClN3O4S. The summed E-state index contributed by atoms with van der Waals surface area (Å²) in [5, 5.41) is 0.197. The predicted octanol–water partition coefficient (Wildman–Crippen LogP) is 4.59. The Morgan fingerprint density at radius 1 is 1.00 bits per heavy atom. The Morgan fingerprint density at radius 3 is 2.37 bits per heavy atom. The van der Waals surface area contributed by atoms with Crippen LogP contribution in [0.5, 0.6) is 5.75 Å². The van der Waals surface area contributed by atoms with E-state index in [2.05, 4.69) is 35.6 Å². The first-order chi connectivity index (χ1) is 18.2. The largest absolute Gasteiger partial charge is 0.492 e. The number of hydrogen-bond acceptors (Lipinski definition) is 5. The molecule has 4 rings (SSSR count). The van der Waals surface area contributed by atoms with Crippen LogP contribution in [0.1, 0.15) is 23.6 Å². The maximum atomic E-state index is 13.7. The quantitative estimate of drug-likeness (QED) is 0.418. The van der Waals surface area contributed by atoms with Crippen molar-refractivity contribution in [2.75, 3.05) is 37.7 Å². The fraction of sp³-hybridized carbons (Fsp3) is 0.345. The third-order valence-corrected chi connectivity index (χ3v) is 8.66. The number of carbonyl (C=O) groups excluding carboxylic acids is 1. The molecular weight excluding hydrogens is 522 g/mol. The minimum absolute atomic E-state index is 0.0171. The molecule has 0 spiro atoms. The van der Waals surface area contributed by atoms with Crippen LogP contribution in [0.3, 0.4) is 0 Å². The van der Waals surface area contributed by atoms with E-state index in [-0.39, 0.29) is 22.2 Å². The van der Waals surface area contributed by atoms with Crippen LogP contribution >= 0.6 is 11.6 Å². The van der Waals surface area contributed by atoms with E-state index in [1.165, 1.54) is 35.0 Å². The van der Waals surface area contributed by atoms with E-state index < -0.39 is 16.1 Å². The van der Waals surface area contributed by atoms with Crippen molar-refractivity contribution in [3.8, 4) is 5.75 Å². The predicted molar refractivity (Wildman–Crippen MR) is 152 cm³/mol. The number of anilines is 1. The van der Waals surface area contributed by atoms with Gasteiger partial charge in [0.1, 0.15) is 11.8 Å². The Morgan fingerprint density at radius 2 is 1.71 bits per heavy atom. The number of benzene rings is 3. The molecule has 9 heteroatoms. The second kappa shape index (κ2) is 12.2. The smallest absolute Gasteiger partial charge is 0.241 e. The molecule has 1 amide bonds. The molecule has 0 aromatic heterocycles. The number of carbonyl (C=O) groups is 1. The number of halogens is 1. The molecule has 3 aromatic carbocycles. The van der Waals surface area contributed by atoms with Crippen LogP contribution in [0.4, 0.5) is 5.69 Å². The van der Waals surface area contributed by atoms with E-state index in [9.17, 15) is 13.2 Å². The molecule has 1 aliphatic rings. The van der Waals surface area contributed by atoms with Crippen LogP contribution in [-0.4, -0.2) is 58.1 Å². The number of amides is 1. The third-order valence-electron chi connectivity index (χ3n) is 6.90. The van der Waals surface area contributed by atoms with Crippen molar-refractivity contribution in [1.82, 2.24) is 9.62 Å². The van der Waals surface area contributed by atoms with Gasteiger partial charge in [-0.05, 0) is 68.1 Å². The lowest BCUT2D eigenvalue weighted by atomic mass is 10.0. The number of ether oxygens (including phenoxy) is 1. The highest BCUT2D eigenvalue weighted by Crippen LogP contribution is 2.28. The zero-order valence-corrected chi connectivity index (χ0v) is 23.6. The average molecular weight is 556 g/mol. The van der Waals surface area contributed by atoms with E-state index in [1.54, 1.807) is 4.90 Å². The number of sulfonamides is 1. The Labute approximate surface area is 230 Å². The van der Waals surface area contributed by atoms with Gasteiger partial charge in [-0.3, -0.25) is 4.79 Å². The fourth-order valence-corrected chi connectivity index (χ4v) is 6.19. The minimum atomic E-state index is -4.03. The van der Waals surface area contributed by atoms with Gasteiger partial charge in [-0.2, -0.15) is 4.72 Å². The highest BCUT2D eigenvalue weighted by molar-refractivity contribution is 7.89. The summed E-state index contributed by atoms with van der Waals surface area (Å²) in [5.74, 6) is 0.168. The van der Waals surface area contributed by atoms with E-state index in [0.29, 0.717) is 38.5 Å². The number of nitrogens with one attached hydrogen (secondary N) is 1. The van der Waals surface area contributed by atoms with E-state index in [1.807, 2.05) is 43.3 Å². The molecule has 0 aliphatic carbocycles. The maximum Gasteiger partial charge on any atom is 0.241 e. The molecule has 202 valence electrons. The Bertz CT molecular complexity index is 1370. The summed E-state index contributed by atoms with van der Waals surface area (Å²) >= 11 is 6.25. The number of nitrogens with zero attached hydrogens (tertiary/aromatic N) is 2. The summed E-state index contributed by atoms with van der Waals surface area (Å²) in [5.41, 5.74) is 4.50. The molecule has 1 unspecified atom stereocenters. The SMILES string of the molecule is CCOc1ccc(S(=O)(=O)NC(Cc2ccccc2)C(=O)N2CCN(c3cccc(C)c3C)CC2)cc1Cl. The number of hydrogen-bond donors (Lipinski definition) is 1. The molecule has 0 saturated carbocycles. The maximum absolute atomic E-state index is 13.7. The molecule has 3 aromatic rings. The van der Waals surface area contributed by atoms with Gasteiger partial charge in [0.05, 0.1) is 16.5 Å². The lowest BCUT2D eigenvalue weighted by Gasteiger charge is -2.38. The normalized spacial score (nSPS) is 14.8. The van der Waals surface area contributed by atoms with Crippen molar-refractivity contribution in [1.29, 1.82) is 0 Å². The van der Waals surface area contributed by atoms with Crippen LogP contribution in [-0.2, 0) is 21.2 Å². The standard InChI is InChI=1S/C29H34ClN3O4S/c1-4-37-28-14-13-24(20-25(28)30)38(35,36)31-26(19-23-10-6-5-7-11-23)29(34)33-17-15-32(16-18-33)27-12-8-9-21(2)22(27)3/h5-14,20,26,31H,4,15-19H2,1-3H3. The summed E-state index contributed by atoms with van der Waals surface area (Å²) in [7, 11) is -4.03. The lowest BCUT2D eigenvalue weighted by molar-refractivity contribution is -0.133. The lowest BCUT2D eigenvalue weighted by Crippen LogP contribution is -2.55. The highest BCUT2D eigenvalue weighted by Gasteiger charge is 2.32. The van der Waals surface area contributed by atoms with Gasteiger partial charge in [-0.1, -0.05) is 54.1 Å². The molecule has 1 saturated heterocycles. The molecule has 1 heterocycles. The summed E-state index contributed by atoms with van der Waals surface area (Å²) in [6, 6.07) is 19.0. The van der Waals surface area contributed by atoms with Gasteiger partial charge in [0.2, 0.25) is 15.9 Å². The molecule has 7 nitrogen and oxygen atoms in total. The fourth-order valence-electron chi connectivity index (χ4n) is 4.67. The first kappa shape index (κ1) is 28.0. The Kier molecular flexibility index (Phi) is 8.97. The second-order valence-electron chi connectivity index (χ2n) is 9.42. The van der Waals surface area contributed by atoms with Crippen molar-refractivity contribution < 1.29 is 17.9 Å². The average Bonchev–Trinajstić information content (AvgIpc) is 2.91. The Balaban J connectivity index is 1.53. The van der Waals surface area contributed by atoms with E-state index in [0.717, 1.165) is 5.56 Å². The van der Waals surface area contributed by atoms with Gasteiger partial charge in [0.15, 0.2) is 0 Å². The molecule has 38 heavy (non-hydrogen) atoms. The molecule has 0 bridgehead atoms. The van der Waals surface area contributed by atoms with Gasteiger partial charge >= 0.3 is 0 Å². The number of piperazine rings is 1. The van der Waals surface area contributed by atoms with Gasteiger partial charge in [0.25, 0.3) is 0 Å². The molecule has 1 aliphatic heterocycles. The van der Waals surface area contributed by atoms with E-state index >= 15 is 0 Å². The Hall–Kier alpha value is -3.07. The molecule has 1 fully saturated rings. The van der Waals surface area contributed by atoms with Crippen LogP contribution in [0.2, 0.25) is 5.02 Å². The number of aryl methyl sites for hydroxylation is 1. The number of rotatable bonds is 9. The first-order valence-corrected chi connectivity index (χ1v) is 14.6. The van der Waals surface area contributed by atoms with E-state index in [4.69, 9.17) is 16.3 Å². The van der Waals surface area contributed by atoms with Crippen molar-refractivity contribution in [2.45, 2.75) is 38.1 Å². The van der Waals surface area contributed by atoms with Crippen LogP contribution in [0.25, 0.3) is 0 Å². The van der Waals surface area contributed by atoms with Gasteiger partial charge in [-0.25, -0.2) is 8.42 Å². The van der Waals surface area contributed by atoms with Gasteiger partial charge in [0, 0.05) is 31.9 Å². The minimum Gasteiger partial charge on any atom is -0.492 e. The molecule has 1 atom stereocenters. The molecule has 0 radical (unpaired) electrons. The summed E-state index contributed by atoms with van der Waals surface area (Å²) in [6.07, 6.45) is 0.237. The zero-order valence-electron chi connectivity index (χ0n) is 22.0. The van der Waals surface area contributed by atoms with Crippen LogP contribution < -0.4 is 14.4 Å². The highest BCUT2D eigenvalue weighted by atomic mass is 35.5. The molecule has 1 N–H and O–H groups in total. The van der Waals surface area contributed by atoms with Crippen LogP contribution in [0.15, 0.2) is 71.6 Å². The van der Waals surface area contributed by atoms with Crippen molar-refractivity contribution >= 4 is 33.2 Å². The summed E-state index contributed by atoms with van der Waals surface area (Å²) < 4.78 is 34.8. The monoisotopic (exact) mass is 555 g/mol. The second-order valence-corrected chi connectivity index (χ2v) is 11.5. The zero-order chi connectivity index (χ0) is 27.3. The van der Waals surface area contributed by atoms with Crippen molar-refractivity contribution in [3.63, 3.8) is 0 Å². The van der Waals surface area contributed by atoms with Crippen molar-refractivity contribution in [3.05, 3.63) is 88.4 Å².